The standard InChI is InChI=1S/C18H20N6O2/c1-3-24-16(7-9-19-24)18(26)21-15-6-4-5-14(11-15)20-17(25)12-23-10-8-13(2)22-23/h4-11H,3,12H2,1-2H3,(H,20,25)(H,21,26). The molecule has 2 N–H and O–H groups in total. The number of benzene rings is 1. The van der Waals surface area contributed by atoms with Crippen molar-refractivity contribution in [2.45, 2.75) is 26.9 Å². The van der Waals surface area contributed by atoms with Gasteiger partial charge < -0.3 is 10.6 Å². The summed E-state index contributed by atoms with van der Waals surface area (Å²) in [7, 11) is 0. The normalized spacial score (nSPS) is 10.5. The van der Waals surface area contributed by atoms with E-state index in [0.717, 1.165) is 5.69 Å². The number of hydrogen-bond acceptors (Lipinski definition) is 4. The highest BCUT2D eigenvalue weighted by atomic mass is 16.2. The molecule has 2 aromatic heterocycles. The molecule has 0 aliphatic heterocycles. The molecule has 134 valence electrons. The Kier molecular flexibility index (Phi) is 5.12. The van der Waals surface area contributed by atoms with Crippen LogP contribution >= 0.6 is 0 Å². The number of aryl methyl sites for hydroxylation is 2. The van der Waals surface area contributed by atoms with Gasteiger partial charge in [0.05, 0.1) is 5.69 Å². The fraction of sp³-hybridized carbons (Fsp3) is 0.222. The largest absolute Gasteiger partial charge is 0.324 e. The molecule has 3 rings (SSSR count). The topological polar surface area (TPSA) is 93.8 Å². The average molecular weight is 352 g/mol. The third-order valence-electron chi connectivity index (χ3n) is 3.73. The Labute approximate surface area is 150 Å². The van der Waals surface area contributed by atoms with Crippen LogP contribution in [0.25, 0.3) is 0 Å². The van der Waals surface area contributed by atoms with E-state index in [4.69, 9.17) is 0 Å². The van der Waals surface area contributed by atoms with E-state index in [0.29, 0.717) is 23.6 Å². The number of hydrogen-bond donors (Lipinski definition) is 2. The van der Waals surface area contributed by atoms with Crippen LogP contribution in [0.4, 0.5) is 11.4 Å². The van der Waals surface area contributed by atoms with E-state index in [-0.39, 0.29) is 18.4 Å². The van der Waals surface area contributed by atoms with E-state index in [9.17, 15) is 9.59 Å². The maximum Gasteiger partial charge on any atom is 0.273 e. The van der Waals surface area contributed by atoms with Crippen LogP contribution in [-0.4, -0.2) is 31.4 Å². The molecule has 8 heteroatoms. The van der Waals surface area contributed by atoms with Crippen LogP contribution < -0.4 is 10.6 Å². The molecule has 0 spiro atoms. The Bertz CT molecular complexity index is 927. The van der Waals surface area contributed by atoms with Gasteiger partial charge in [-0.3, -0.25) is 19.0 Å². The second-order valence-corrected chi connectivity index (χ2v) is 5.77. The van der Waals surface area contributed by atoms with Crippen molar-refractivity contribution in [3.8, 4) is 0 Å². The second kappa shape index (κ2) is 7.64. The van der Waals surface area contributed by atoms with Gasteiger partial charge in [0.2, 0.25) is 5.91 Å². The Morgan fingerprint density at radius 2 is 1.88 bits per heavy atom. The molecule has 8 nitrogen and oxygen atoms in total. The summed E-state index contributed by atoms with van der Waals surface area (Å²) in [5.41, 5.74) is 2.53. The van der Waals surface area contributed by atoms with Crippen LogP contribution in [-0.2, 0) is 17.9 Å². The monoisotopic (exact) mass is 352 g/mol. The van der Waals surface area contributed by atoms with E-state index >= 15 is 0 Å². The van der Waals surface area contributed by atoms with Crippen molar-refractivity contribution in [2.24, 2.45) is 0 Å². The number of carbonyl (C=O) groups excluding carboxylic acids is 2. The van der Waals surface area contributed by atoms with Crippen molar-refractivity contribution in [1.82, 2.24) is 19.6 Å². The summed E-state index contributed by atoms with van der Waals surface area (Å²) in [5.74, 6) is -0.444. The van der Waals surface area contributed by atoms with Crippen molar-refractivity contribution in [2.75, 3.05) is 10.6 Å². The van der Waals surface area contributed by atoms with Crippen LogP contribution in [0.3, 0.4) is 0 Å². The van der Waals surface area contributed by atoms with Gasteiger partial charge in [-0.25, -0.2) is 0 Å². The van der Waals surface area contributed by atoms with E-state index in [2.05, 4.69) is 20.8 Å². The quantitative estimate of drug-likeness (QED) is 0.712. The number of amides is 2. The molecule has 26 heavy (non-hydrogen) atoms. The molecular formula is C18H20N6O2. The van der Waals surface area contributed by atoms with Gasteiger partial charge in [-0.15, -0.1) is 0 Å². The second-order valence-electron chi connectivity index (χ2n) is 5.77. The molecule has 1 aromatic carbocycles. The number of nitrogens with one attached hydrogen (secondary N) is 2. The van der Waals surface area contributed by atoms with Gasteiger partial charge in [-0.05, 0) is 44.2 Å². The molecule has 0 aliphatic carbocycles. The molecule has 2 amide bonds. The third kappa shape index (κ3) is 4.15. The molecule has 0 atom stereocenters. The lowest BCUT2D eigenvalue weighted by atomic mass is 10.2. The number of aromatic nitrogens is 4. The number of nitrogens with zero attached hydrogens (tertiary/aromatic N) is 4. The molecule has 3 aromatic rings. The highest BCUT2D eigenvalue weighted by Gasteiger charge is 2.12. The summed E-state index contributed by atoms with van der Waals surface area (Å²) in [6.07, 6.45) is 3.34. The lowest BCUT2D eigenvalue weighted by Crippen LogP contribution is -2.20. The summed E-state index contributed by atoms with van der Waals surface area (Å²) in [6.45, 7) is 4.52. The average Bonchev–Trinajstić information content (AvgIpc) is 3.23. The molecule has 2 heterocycles. The van der Waals surface area contributed by atoms with Gasteiger partial charge in [-0.2, -0.15) is 10.2 Å². The zero-order valence-corrected chi connectivity index (χ0v) is 14.6. The molecule has 0 saturated carbocycles. The maximum absolute atomic E-state index is 12.4. The highest BCUT2D eigenvalue weighted by molar-refractivity contribution is 6.03. The molecule has 0 fully saturated rings. The van der Waals surface area contributed by atoms with Gasteiger partial charge >= 0.3 is 0 Å². The Hall–Kier alpha value is -3.42. The van der Waals surface area contributed by atoms with Crippen molar-refractivity contribution in [3.05, 3.63) is 60.2 Å². The Balaban J connectivity index is 1.64. The molecule has 0 bridgehead atoms. The van der Waals surface area contributed by atoms with Gasteiger partial charge in [0.1, 0.15) is 12.2 Å². The maximum atomic E-state index is 12.4. The summed E-state index contributed by atoms with van der Waals surface area (Å²) in [6, 6.07) is 10.5. The Morgan fingerprint density at radius 3 is 2.58 bits per heavy atom. The molecular weight excluding hydrogens is 332 g/mol. The molecule has 0 saturated heterocycles. The molecule has 0 radical (unpaired) electrons. The van der Waals surface area contributed by atoms with Gasteiger partial charge in [0.25, 0.3) is 5.91 Å². The van der Waals surface area contributed by atoms with Crippen molar-refractivity contribution in [3.63, 3.8) is 0 Å². The summed E-state index contributed by atoms with van der Waals surface area (Å²) >= 11 is 0. The lowest BCUT2D eigenvalue weighted by Gasteiger charge is -2.09. The summed E-state index contributed by atoms with van der Waals surface area (Å²) < 4.78 is 3.19. The fourth-order valence-electron chi connectivity index (χ4n) is 2.55. The summed E-state index contributed by atoms with van der Waals surface area (Å²) in [5, 5.41) is 13.9. The van der Waals surface area contributed by atoms with Gasteiger partial charge in [0.15, 0.2) is 0 Å². The zero-order chi connectivity index (χ0) is 18.5. The molecule has 0 unspecified atom stereocenters. The molecule has 0 aliphatic rings. The first-order valence-electron chi connectivity index (χ1n) is 8.28. The van der Waals surface area contributed by atoms with Crippen LogP contribution in [0.15, 0.2) is 48.8 Å². The third-order valence-corrected chi connectivity index (χ3v) is 3.73. The predicted octanol–water partition coefficient (Wildman–Crippen LogP) is 2.30. The van der Waals surface area contributed by atoms with Gasteiger partial charge in [0, 0.05) is 30.3 Å². The minimum atomic E-state index is -0.250. The minimum absolute atomic E-state index is 0.125. The van der Waals surface area contributed by atoms with E-state index in [1.807, 2.05) is 19.9 Å². The van der Waals surface area contributed by atoms with Crippen LogP contribution in [0.1, 0.15) is 23.1 Å². The van der Waals surface area contributed by atoms with Gasteiger partial charge in [-0.1, -0.05) is 6.07 Å². The number of carbonyl (C=O) groups is 2. The zero-order valence-electron chi connectivity index (χ0n) is 14.6. The fourth-order valence-corrected chi connectivity index (χ4v) is 2.55. The van der Waals surface area contributed by atoms with Crippen LogP contribution in [0, 0.1) is 6.92 Å². The summed E-state index contributed by atoms with van der Waals surface area (Å²) in [4.78, 5) is 24.5. The van der Waals surface area contributed by atoms with E-state index < -0.39 is 0 Å². The first-order chi connectivity index (χ1) is 12.5. The number of rotatable bonds is 6. The van der Waals surface area contributed by atoms with Crippen molar-refractivity contribution < 1.29 is 9.59 Å². The Morgan fingerprint density at radius 1 is 1.12 bits per heavy atom. The SMILES string of the molecule is CCn1nccc1C(=O)Nc1cccc(NC(=O)Cn2ccc(C)n2)c1. The van der Waals surface area contributed by atoms with E-state index in [1.165, 1.54) is 0 Å². The number of anilines is 2. The van der Waals surface area contributed by atoms with E-state index in [1.54, 1.807) is 52.1 Å². The predicted molar refractivity (Wildman–Crippen MR) is 97.9 cm³/mol. The minimum Gasteiger partial charge on any atom is -0.324 e. The first-order valence-corrected chi connectivity index (χ1v) is 8.28. The highest BCUT2D eigenvalue weighted by Crippen LogP contribution is 2.16. The smallest absolute Gasteiger partial charge is 0.273 e. The first kappa shape index (κ1) is 17.4. The van der Waals surface area contributed by atoms with Crippen LogP contribution in [0.2, 0.25) is 0 Å². The van der Waals surface area contributed by atoms with Crippen molar-refractivity contribution in [1.29, 1.82) is 0 Å². The van der Waals surface area contributed by atoms with Crippen molar-refractivity contribution >= 4 is 23.2 Å². The van der Waals surface area contributed by atoms with Crippen LogP contribution in [0.5, 0.6) is 0 Å². The lowest BCUT2D eigenvalue weighted by molar-refractivity contribution is -0.116.